The molecular formula is C18H32O. The molecule has 1 heteroatoms. The van der Waals surface area contributed by atoms with Crippen LogP contribution in [0.25, 0.3) is 0 Å². The summed E-state index contributed by atoms with van der Waals surface area (Å²) in [5.41, 5.74) is 0. The monoisotopic (exact) mass is 264 g/mol. The van der Waals surface area contributed by atoms with Crippen molar-refractivity contribution in [3.63, 3.8) is 0 Å². The second-order valence-corrected chi connectivity index (χ2v) is 7.17. The van der Waals surface area contributed by atoms with Crippen LogP contribution in [0, 0.1) is 23.7 Å². The lowest BCUT2D eigenvalue weighted by molar-refractivity contribution is -0.112. The molecule has 0 aliphatic heterocycles. The van der Waals surface area contributed by atoms with E-state index in [0.717, 1.165) is 24.2 Å². The van der Waals surface area contributed by atoms with E-state index >= 15 is 0 Å². The van der Waals surface area contributed by atoms with Gasteiger partial charge in [0, 0.05) is 5.92 Å². The standard InChI is InChI=1S/C18H32O/c1-2-15-6-3-7-16(12-15)8-4-9-17-10-5-11-18(13-17)14-19/h14-18H,2-13H2,1H3. The van der Waals surface area contributed by atoms with Crippen LogP contribution in [0.5, 0.6) is 0 Å². The number of rotatable bonds is 6. The zero-order valence-corrected chi connectivity index (χ0v) is 12.8. The van der Waals surface area contributed by atoms with Crippen molar-refractivity contribution < 1.29 is 4.79 Å². The third-order valence-electron chi connectivity index (χ3n) is 5.71. The third kappa shape index (κ3) is 4.93. The first-order chi connectivity index (χ1) is 9.31. The summed E-state index contributed by atoms with van der Waals surface area (Å²) in [6, 6.07) is 0. The Morgan fingerprint density at radius 3 is 2.21 bits per heavy atom. The predicted molar refractivity (Wildman–Crippen MR) is 81.1 cm³/mol. The van der Waals surface area contributed by atoms with Crippen molar-refractivity contribution in [2.24, 2.45) is 23.7 Å². The summed E-state index contributed by atoms with van der Waals surface area (Å²) in [7, 11) is 0. The van der Waals surface area contributed by atoms with Crippen molar-refractivity contribution in [2.75, 3.05) is 0 Å². The fraction of sp³-hybridized carbons (Fsp3) is 0.944. The molecule has 110 valence electrons. The summed E-state index contributed by atoms with van der Waals surface area (Å²) in [5, 5.41) is 0. The van der Waals surface area contributed by atoms with Crippen LogP contribution in [0.4, 0.5) is 0 Å². The van der Waals surface area contributed by atoms with Crippen LogP contribution in [0.2, 0.25) is 0 Å². The van der Waals surface area contributed by atoms with E-state index in [0.29, 0.717) is 5.92 Å². The minimum atomic E-state index is 0.387. The lowest BCUT2D eigenvalue weighted by Crippen LogP contribution is -2.18. The molecule has 0 amide bonds. The largest absolute Gasteiger partial charge is 0.303 e. The molecule has 0 aromatic rings. The molecule has 2 saturated carbocycles. The molecule has 0 heterocycles. The van der Waals surface area contributed by atoms with Crippen LogP contribution in [0.15, 0.2) is 0 Å². The zero-order valence-electron chi connectivity index (χ0n) is 12.8. The van der Waals surface area contributed by atoms with Crippen molar-refractivity contribution in [3.8, 4) is 0 Å². The molecule has 2 fully saturated rings. The molecule has 0 spiro atoms. The topological polar surface area (TPSA) is 17.1 Å². The van der Waals surface area contributed by atoms with Crippen LogP contribution in [-0.2, 0) is 4.79 Å². The molecule has 19 heavy (non-hydrogen) atoms. The van der Waals surface area contributed by atoms with Crippen LogP contribution >= 0.6 is 0 Å². The van der Waals surface area contributed by atoms with Crippen LogP contribution in [0.1, 0.15) is 84.0 Å². The molecule has 1 nitrogen and oxygen atoms in total. The third-order valence-corrected chi connectivity index (χ3v) is 5.71. The molecular weight excluding hydrogens is 232 g/mol. The van der Waals surface area contributed by atoms with E-state index in [9.17, 15) is 4.79 Å². The van der Waals surface area contributed by atoms with E-state index in [4.69, 9.17) is 0 Å². The van der Waals surface area contributed by atoms with Gasteiger partial charge in [0.25, 0.3) is 0 Å². The fourth-order valence-electron chi connectivity index (χ4n) is 4.45. The summed E-state index contributed by atoms with van der Waals surface area (Å²) in [5.74, 6) is 3.28. The quantitative estimate of drug-likeness (QED) is 0.589. The van der Waals surface area contributed by atoms with Gasteiger partial charge in [0.1, 0.15) is 6.29 Å². The molecule has 4 unspecified atom stereocenters. The maximum absolute atomic E-state index is 10.9. The lowest BCUT2D eigenvalue weighted by atomic mass is 9.76. The Hall–Kier alpha value is -0.330. The van der Waals surface area contributed by atoms with E-state index in [-0.39, 0.29) is 0 Å². The van der Waals surface area contributed by atoms with Gasteiger partial charge in [0.2, 0.25) is 0 Å². The molecule has 0 saturated heterocycles. The summed E-state index contributed by atoms with van der Waals surface area (Å²) < 4.78 is 0. The fourth-order valence-corrected chi connectivity index (χ4v) is 4.45. The maximum atomic E-state index is 10.9. The van der Waals surface area contributed by atoms with Gasteiger partial charge in [-0.3, -0.25) is 0 Å². The average molecular weight is 264 g/mol. The highest BCUT2D eigenvalue weighted by Crippen LogP contribution is 2.36. The number of hydrogen-bond donors (Lipinski definition) is 0. The van der Waals surface area contributed by atoms with Crippen molar-refractivity contribution in [1.29, 1.82) is 0 Å². The van der Waals surface area contributed by atoms with E-state index in [1.54, 1.807) is 0 Å². The van der Waals surface area contributed by atoms with E-state index in [1.807, 2.05) is 0 Å². The molecule has 0 bridgehead atoms. The molecule has 2 aliphatic carbocycles. The van der Waals surface area contributed by atoms with Crippen molar-refractivity contribution in [1.82, 2.24) is 0 Å². The number of aldehydes is 1. The molecule has 0 aromatic heterocycles. The Morgan fingerprint density at radius 1 is 0.895 bits per heavy atom. The van der Waals surface area contributed by atoms with Gasteiger partial charge >= 0.3 is 0 Å². The van der Waals surface area contributed by atoms with Crippen molar-refractivity contribution >= 4 is 6.29 Å². The maximum Gasteiger partial charge on any atom is 0.123 e. The predicted octanol–water partition coefficient (Wildman–Crippen LogP) is 5.38. The first-order valence-corrected chi connectivity index (χ1v) is 8.77. The summed E-state index contributed by atoms with van der Waals surface area (Å²) in [4.78, 5) is 10.9. The highest BCUT2D eigenvalue weighted by molar-refractivity contribution is 5.53. The summed E-state index contributed by atoms with van der Waals surface area (Å²) >= 11 is 0. The Kier molecular flexibility index (Phi) is 6.40. The van der Waals surface area contributed by atoms with Gasteiger partial charge in [-0.1, -0.05) is 64.7 Å². The van der Waals surface area contributed by atoms with Gasteiger partial charge in [-0.2, -0.15) is 0 Å². The normalized spacial score (nSPS) is 36.1. The van der Waals surface area contributed by atoms with Crippen LogP contribution < -0.4 is 0 Å². The Morgan fingerprint density at radius 2 is 1.53 bits per heavy atom. The first-order valence-electron chi connectivity index (χ1n) is 8.77. The minimum absolute atomic E-state index is 0.387. The van der Waals surface area contributed by atoms with E-state index in [2.05, 4.69) is 6.92 Å². The molecule has 0 aromatic carbocycles. The molecule has 0 radical (unpaired) electrons. The van der Waals surface area contributed by atoms with Gasteiger partial charge in [-0.15, -0.1) is 0 Å². The molecule has 0 N–H and O–H groups in total. The SMILES string of the molecule is CCC1CCCC(CCCC2CCCC(C=O)C2)C1. The Balaban J connectivity index is 1.61. The summed E-state index contributed by atoms with van der Waals surface area (Å²) in [6.07, 6.45) is 17.8. The van der Waals surface area contributed by atoms with Crippen molar-refractivity contribution in [2.45, 2.75) is 84.0 Å². The lowest BCUT2D eigenvalue weighted by Gasteiger charge is -2.30. The van der Waals surface area contributed by atoms with E-state index in [1.165, 1.54) is 76.9 Å². The first kappa shape index (κ1) is 15.1. The second kappa shape index (κ2) is 8.07. The number of carbonyl (C=O) groups is 1. The highest BCUT2D eigenvalue weighted by Gasteiger charge is 2.23. The highest BCUT2D eigenvalue weighted by atomic mass is 16.1. The van der Waals surface area contributed by atoms with Gasteiger partial charge in [-0.25, -0.2) is 0 Å². The van der Waals surface area contributed by atoms with Gasteiger partial charge < -0.3 is 4.79 Å². The molecule has 2 aliphatic rings. The van der Waals surface area contributed by atoms with Gasteiger partial charge in [0.05, 0.1) is 0 Å². The van der Waals surface area contributed by atoms with Crippen LogP contribution in [-0.4, -0.2) is 6.29 Å². The van der Waals surface area contributed by atoms with Gasteiger partial charge in [-0.05, 0) is 37.0 Å². The molecule has 2 rings (SSSR count). The number of carbonyl (C=O) groups excluding carboxylic acids is 1. The smallest absolute Gasteiger partial charge is 0.123 e. The minimum Gasteiger partial charge on any atom is -0.303 e. The van der Waals surface area contributed by atoms with Crippen molar-refractivity contribution in [3.05, 3.63) is 0 Å². The summed E-state index contributed by atoms with van der Waals surface area (Å²) in [6.45, 7) is 2.36. The zero-order chi connectivity index (χ0) is 13.5. The number of hydrogen-bond acceptors (Lipinski definition) is 1. The van der Waals surface area contributed by atoms with E-state index < -0.39 is 0 Å². The second-order valence-electron chi connectivity index (χ2n) is 7.17. The van der Waals surface area contributed by atoms with Gasteiger partial charge in [0.15, 0.2) is 0 Å². The Labute approximate surface area is 119 Å². The molecule has 4 atom stereocenters. The average Bonchev–Trinajstić information content (AvgIpc) is 2.48. The van der Waals surface area contributed by atoms with Crippen LogP contribution in [0.3, 0.4) is 0 Å². The Bertz CT molecular complexity index is 260.